The number of aryl methyl sites for hydroxylation is 1. The highest BCUT2D eigenvalue weighted by molar-refractivity contribution is 7.21. The quantitative estimate of drug-likeness (QED) is 0.877. The van der Waals surface area contributed by atoms with Crippen molar-refractivity contribution in [3.05, 3.63) is 28.6 Å². The highest BCUT2D eigenvalue weighted by Crippen LogP contribution is 2.34. The third-order valence-corrected chi connectivity index (χ3v) is 5.05. The molecule has 2 aromatic rings. The molecule has 1 aromatic heterocycles. The Morgan fingerprint density at radius 2 is 2.04 bits per heavy atom. The molecule has 1 N–H and O–H groups in total. The zero-order valence-corrected chi connectivity index (χ0v) is 14.6. The molecule has 0 spiro atoms. The van der Waals surface area contributed by atoms with Gasteiger partial charge in [0.1, 0.15) is 5.75 Å². The summed E-state index contributed by atoms with van der Waals surface area (Å²) in [4.78, 5) is 25.9. The van der Waals surface area contributed by atoms with E-state index in [4.69, 9.17) is 9.84 Å². The van der Waals surface area contributed by atoms with E-state index >= 15 is 0 Å². The van der Waals surface area contributed by atoms with Gasteiger partial charge in [-0.3, -0.25) is 9.59 Å². The molecule has 5 nitrogen and oxygen atoms in total. The van der Waals surface area contributed by atoms with Gasteiger partial charge in [0.15, 0.2) is 0 Å². The summed E-state index contributed by atoms with van der Waals surface area (Å²) < 4.78 is 6.26. The van der Waals surface area contributed by atoms with Crippen molar-refractivity contribution in [1.82, 2.24) is 4.90 Å². The van der Waals surface area contributed by atoms with Gasteiger partial charge >= 0.3 is 5.97 Å². The van der Waals surface area contributed by atoms with Gasteiger partial charge in [-0.2, -0.15) is 0 Å². The number of carbonyl (C=O) groups excluding carboxylic acids is 1. The predicted molar refractivity (Wildman–Crippen MR) is 91.5 cm³/mol. The standard InChI is InChI=1S/C17H21NO4S/c1-10(2)18(8-7-15(19)20)17(21)16-11(3)13-9-12(22-4)5-6-14(13)23-16/h5-6,9-10H,7-8H2,1-4H3,(H,19,20). The number of thiophene rings is 1. The van der Waals surface area contributed by atoms with Crippen LogP contribution in [0, 0.1) is 6.92 Å². The van der Waals surface area contributed by atoms with Crippen LogP contribution in [0.2, 0.25) is 0 Å². The smallest absolute Gasteiger partial charge is 0.305 e. The number of rotatable bonds is 6. The first kappa shape index (κ1) is 17.3. The van der Waals surface area contributed by atoms with Crippen LogP contribution in [0.1, 0.15) is 35.5 Å². The number of nitrogens with zero attached hydrogens (tertiary/aromatic N) is 1. The number of benzene rings is 1. The molecule has 1 amide bonds. The van der Waals surface area contributed by atoms with E-state index in [0.29, 0.717) is 4.88 Å². The lowest BCUT2D eigenvalue weighted by molar-refractivity contribution is -0.137. The molecular weight excluding hydrogens is 314 g/mol. The predicted octanol–water partition coefficient (Wildman–Crippen LogP) is 3.54. The monoisotopic (exact) mass is 335 g/mol. The third-order valence-electron chi connectivity index (χ3n) is 3.79. The van der Waals surface area contributed by atoms with Crippen LogP contribution in [0.3, 0.4) is 0 Å². The van der Waals surface area contributed by atoms with E-state index in [9.17, 15) is 9.59 Å². The molecule has 6 heteroatoms. The maximum absolute atomic E-state index is 12.9. The molecule has 124 valence electrons. The van der Waals surface area contributed by atoms with Crippen molar-refractivity contribution in [3.63, 3.8) is 0 Å². The Morgan fingerprint density at radius 1 is 1.35 bits per heavy atom. The second-order valence-corrected chi connectivity index (χ2v) is 6.71. The molecule has 0 atom stereocenters. The summed E-state index contributed by atoms with van der Waals surface area (Å²) >= 11 is 1.44. The molecule has 0 aliphatic carbocycles. The number of carboxylic acid groups (broad SMARTS) is 1. The van der Waals surface area contributed by atoms with Gasteiger partial charge in [-0.15, -0.1) is 11.3 Å². The minimum atomic E-state index is -0.902. The average molecular weight is 335 g/mol. The van der Waals surface area contributed by atoms with Crippen LogP contribution < -0.4 is 4.74 Å². The zero-order chi connectivity index (χ0) is 17.1. The summed E-state index contributed by atoms with van der Waals surface area (Å²) in [5.74, 6) is -0.260. The first-order chi connectivity index (χ1) is 10.8. The molecule has 0 unspecified atom stereocenters. The first-order valence-electron chi connectivity index (χ1n) is 7.45. The van der Waals surface area contributed by atoms with Gasteiger partial charge in [0.05, 0.1) is 18.4 Å². The van der Waals surface area contributed by atoms with Gasteiger partial charge in [-0.1, -0.05) is 0 Å². The number of hydrogen-bond acceptors (Lipinski definition) is 4. The van der Waals surface area contributed by atoms with Crippen LogP contribution in [0.4, 0.5) is 0 Å². The number of methoxy groups -OCH3 is 1. The van der Waals surface area contributed by atoms with Crippen LogP contribution in [0.25, 0.3) is 10.1 Å². The second kappa shape index (κ2) is 7.00. The van der Waals surface area contributed by atoms with Crippen molar-refractivity contribution in [2.75, 3.05) is 13.7 Å². The van der Waals surface area contributed by atoms with Gasteiger partial charge in [0.2, 0.25) is 0 Å². The number of hydrogen-bond donors (Lipinski definition) is 1. The molecule has 0 fully saturated rings. The Hall–Kier alpha value is -2.08. The van der Waals surface area contributed by atoms with Crippen LogP contribution in [-0.2, 0) is 4.79 Å². The van der Waals surface area contributed by atoms with Crippen molar-refractivity contribution in [2.45, 2.75) is 33.2 Å². The number of aliphatic carboxylic acids is 1. The maximum Gasteiger partial charge on any atom is 0.305 e. The van der Waals surface area contributed by atoms with Crippen LogP contribution >= 0.6 is 11.3 Å². The lowest BCUT2D eigenvalue weighted by atomic mass is 10.1. The van der Waals surface area contributed by atoms with Gasteiger partial charge in [-0.05, 0) is 49.9 Å². The summed E-state index contributed by atoms with van der Waals surface area (Å²) in [7, 11) is 1.61. The average Bonchev–Trinajstić information content (AvgIpc) is 2.83. The molecule has 2 rings (SSSR count). The molecule has 1 heterocycles. The number of carboxylic acids is 1. The van der Waals surface area contributed by atoms with Crippen molar-refractivity contribution in [1.29, 1.82) is 0 Å². The summed E-state index contributed by atoms with van der Waals surface area (Å²) in [5.41, 5.74) is 0.912. The minimum absolute atomic E-state index is 0.0539. The van der Waals surface area contributed by atoms with E-state index in [-0.39, 0.29) is 24.9 Å². The molecule has 0 radical (unpaired) electrons. The normalized spacial score (nSPS) is 11.0. The summed E-state index contributed by atoms with van der Waals surface area (Å²) in [6.07, 6.45) is -0.0539. The molecule has 0 aliphatic heterocycles. The van der Waals surface area contributed by atoms with Gasteiger partial charge in [-0.25, -0.2) is 0 Å². The van der Waals surface area contributed by atoms with Crippen molar-refractivity contribution in [2.24, 2.45) is 0 Å². The fourth-order valence-corrected chi connectivity index (χ4v) is 3.62. The fourth-order valence-electron chi connectivity index (χ4n) is 2.47. The molecule has 0 saturated heterocycles. The summed E-state index contributed by atoms with van der Waals surface area (Å²) in [5, 5.41) is 9.87. The number of carbonyl (C=O) groups is 2. The highest BCUT2D eigenvalue weighted by Gasteiger charge is 2.24. The van der Waals surface area contributed by atoms with E-state index in [1.165, 1.54) is 11.3 Å². The van der Waals surface area contributed by atoms with Gasteiger partial charge in [0.25, 0.3) is 5.91 Å². The van der Waals surface area contributed by atoms with Crippen molar-refractivity contribution >= 4 is 33.3 Å². The minimum Gasteiger partial charge on any atom is -0.497 e. The van der Waals surface area contributed by atoms with E-state index in [0.717, 1.165) is 21.4 Å². The Labute approximate surface area is 139 Å². The van der Waals surface area contributed by atoms with E-state index < -0.39 is 5.97 Å². The fraction of sp³-hybridized carbons (Fsp3) is 0.412. The number of amides is 1. The van der Waals surface area contributed by atoms with Crippen LogP contribution in [0.5, 0.6) is 5.75 Å². The molecule has 1 aromatic carbocycles. The van der Waals surface area contributed by atoms with Crippen LogP contribution in [0.15, 0.2) is 18.2 Å². The van der Waals surface area contributed by atoms with E-state index in [1.807, 2.05) is 39.0 Å². The Balaban J connectivity index is 2.38. The molecule has 0 saturated carbocycles. The zero-order valence-electron chi connectivity index (χ0n) is 13.8. The van der Waals surface area contributed by atoms with Crippen molar-refractivity contribution in [3.8, 4) is 5.75 Å². The molecule has 23 heavy (non-hydrogen) atoms. The maximum atomic E-state index is 12.9. The van der Waals surface area contributed by atoms with E-state index in [2.05, 4.69) is 0 Å². The Kier molecular flexibility index (Phi) is 5.26. The van der Waals surface area contributed by atoms with Gasteiger partial charge < -0.3 is 14.7 Å². The first-order valence-corrected chi connectivity index (χ1v) is 8.26. The summed E-state index contributed by atoms with van der Waals surface area (Å²) in [6.45, 7) is 5.92. The lowest BCUT2D eigenvalue weighted by Gasteiger charge is -2.26. The number of fused-ring (bicyclic) bond motifs is 1. The lowest BCUT2D eigenvalue weighted by Crippen LogP contribution is -2.38. The largest absolute Gasteiger partial charge is 0.497 e. The highest BCUT2D eigenvalue weighted by atomic mass is 32.1. The third kappa shape index (κ3) is 3.64. The molecule has 0 bridgehead atoms. The Morgan fingerprint density at radius 3 is 2.61 bits per heavy atom. The van der Waals surface area contributed by atoms with E-state index in [1.54, 1.807) is 12.0 Å². The number of ether oxygens (including phenoxy) is 1. The topological polar surface area (TPSA) is 66.8 Å². The van der Waals surface area contributed by atoms with Crippen LogP contribution in [-0.4, -0.2) is 41.6 Å². The Bertz CT molecular complexity index is 736. The van der Waals surface area contributed by atoms with Crippen molar-refractivity contribution < 1.29 is 19.4 Å². The second-order valence-electron chi connectivity index (χ2n) is 5.65. The molecule has 0 aliphatic rings. The van der Waals surface area contributed by atoms with Gasteiger partial charge in [0, 0.05) is 17.3 Å². The summed E-state index contributed by atoms with van der Waals surface area (Å²) in [6, 6.07) is 5.69. The molecular formula is C17H21NO4S. The SMILES string of the molecule is COc1ccc2sc(C(=O)N(CCC(=O)O)C(C)C)c(C)c2c1.